The summed E-state index contributed by atoms with van der Waals surface area (Å²) in [4.78, 5) is 39.4. The minimum absolute atomic E-state index is 0.00135. The van der Waals surface area contributed by atoms with Crippen LogP contribution in [0.1, 0.15) is 87.9 Å². The molecule has 0 aromatic heterocycles. The van der Waals surface area contributed by atoms with Crippen LogP contribution < -0.4 is 10.2 Å². The van der Waals surface area contributed by atoms with Gasteiger partial charge in [0.25, 0.3) is 0 Å². The van der Waals surface area contributed by atoms with E-state index in [1.807, 2.05) is 6.08 Å². The number of carbonyl (C=O) groups is 3. The zero-order chi connectivity index (χ0) is 30.7. The predicted molar refractivity (Wildman–Crippen MR) is 156 cm³/mol. The fourth-order valence-electron chi connectivity index (χ4n) is 6.11. The standard InChI is InChI=1S/C32H36N2O9/c1-42-22-11-7-10-20-25(22)31(40)27-26(29(20)38)30(39)21-16-32(41,14-12-19(21)28(27)37)23(17-35)33-34-24(36)13-15-43-18-8-5-3-2-4-6-9-18/h5,7-8,10-11,18,35,37,39,41H,2-4,6,9,12-17H2,1H3,(H,34,36)/b8-5+,33-23-/t18?,32-/m1/s1. The van der Waals surface area contributed by atoms with Gasteiger partial charge in [0.15, 0.2) is 5.78 Å². The molecule has 0 fully saturated rings. The minimum atomic E-state index is -1.81. The van der Waals surface area contributed by atoms with Crippen LogP contribution in [0.3, 0.4) is 0 Å². The average molecular weight is 593 g/mol. The number of carbonyl (C=O) groups excluding carboxylic acids is 3. The Morgan fingerprint density at radius 3 is 2.60 bits per heavy atom. The van der Waals surface area contributed by atoms with Gasteiger partial charge in [0.05, 0.1) is 55.3 Å². The highest BCUT2D eigenvalue weighted by Gasteiger charge is 2.44. The quantitative estimate of drug-likeness (QED) is 0.114. The molecule has 11 nitrogen and oxygen atoms in total. The first-order valence-electron chi connectivity index (χ1n) is 14.5. The third-order valence-electron chi connectivity index (χ3n) is 8.46. The van der Waals surface area contributed by atoms with Crippen LogP contribution >= 0.6 is 0 Å². The van der Waals surface area contributed by atoms with Crippen molar-refractivity contribution in [3.63, 3.8) is 0 Å². The number of hydrogen-bond donors (Lipinski definition) is 5. The second kappa shape index (κ2) is 12.7. The summed E-state index contributed by atoms with van der Waals surface area (Å²) in [7, 11) is 1.36. The number of allylic oxidation sites excluding steroid dienone is 1. The molecule has 2 aromatic rings. The summed E-state index contributed by atoms with van der Waals surface area (Å²) in [6.07, 6.45) is 9.03. The van der Waals surface area contributed by atoms with Crippen molar-refractivity contribution in [2.75, 3.05) is 20.3 Å². The molecule has 228 valence electrons. The van der Waals surface area contributed by atoms with Crippen LogP contribution in [0.5, 0.6) is 17.2 Å². The molecule has 0 aliphatic heterocycles. The van der Waals surface area contributed by atoms with Crippen molar-refractivity contribution in [2.24, 2.45) is 5.10 Å². The average Bonchev–Trinajstić information content (AvgIpc) is 2.98. The van der Waals surface area contributed by atoms with Gasteiger partial charge in [0, 0.05) is 23.1 Å². The number of amides is 1. The lowest BCUT2D eigenvalue weighted by Gasteiger charge is -2.36. The fraction of sp³-hybridized carbons (Fsp3) is 0.438. The van der Waals surface area contributed by atoms with E-state index in [9.17, 15) is 34.8 Å². The summed E-state index contributed by atoms with van der Waals surface area (Å²) in [5, 5.41) is 48.0. The first kappa shape index (κ1) is 30.4. The first-order chi connectivity index (χ1) is 20.7. The van der Waals surface area contributed by atoms with Crippen LogP contribution in [-0.4, -0.2) is 75.6 Å². The molecule has 0 heterocycles. The number of ether oxygens (including phenoxy) is 2. The molecule has 11 heteroatoms. The molecule has 3 aliphatic rings. The number of rotatable bonds is 8. The first-order valence-corrected chi connectivity index (χ1v) is 14.5. The Labute approximate surface area is 248 Å². The van der Waals surface area contributed by atoms with E-state index in [4.69, 9.17) is 9.47 Å². The van der Waals surface area contributed by atoms with Crippen molar-refractivity contribution >= 4 is 23.2 Å². The van der Waals surface area contributed by atoms with Crippen LogP contribution in [0.4, 0.5) is 0 Å². The van der Waals surface area contributed by atoms with Crippen LogP contribution in [0.2, 0.25) is 0 Å². The lowest BCUT2D eigenvalue weighted by molar-refractivity contribution is -0.122. The molecular weight excluding hydrogens is 556 g/mol. The van der Waals surface area contributed by atoms with Gasteiger partial charge in [0.2, 0.25) is 11.7 Å². The van der Waals surface area contributed by atoms with Crippen LogP contribution in [0.25, 0.3) is 0 Å². The number of phenols is 2. The molecule has 43 heavy (non-hydrogen) atoms. The second-order valence-corrected chi connectivity index (χ2v) is 11.1. The molecule has 2 aromatic carbocycles. The number of methoxy groups -OCH3 is 1. The number of nitrogens with one attached hydrogen (secondary N) is 1. The number of hydrogen-bond acceptors (Lipinski definition) is 10. The van der Waals surface area contributed by atoms with Gasteiger partial charge in [-0.25, -0.2) is 5.43 Å². The molecule has 0 spiro atoms. The van der Waals surface area contributed by atoms with Crippen molar-refractivity contribution in [1.82, 2.24) is 5.43 Å². The lowest BCUT2D eigenvalue weighted by Crippen LogP contribution is -2.47. The van der Waals surface area contributed by atoms with Crippen molar-refractivity contribution in [3.8, 4) is 17.2 Å². The third kappa shape index (κ3) is 5.80. The number of ketones is 2. The molecule has 0 saturated carbocycles. The van der Waals surface area contributed by atoms with Gasteiger partial charge in [-0.1, -0.05) is 37.1 Å². The van der Waals surface area contributed by atoms with Gasteiger partial charge >= 0.3 is 0 Å². The lowest BCUT2D eigenvalue weighted by atomic mass is 9.73. The SMILES string of the molecule is COc1cccc2c1C(=O)c1c(O)c3c(c(O)c1C2=O)C[C@@](O)(/C(CO)=N\NC(=O)CCOC1/C=C/CCCCC1)CC3. The number of hydrazone groups is 1. The van der Waals surface area contributed by atoms with Gasteiger partial charge in [-0.2, -0.15) is 5.10 Å². The number of nitrogens with zero attached hydrogens (tertiary/aromatic N) is 1. The zero-order valence-corrected chi connectivity index (χ0v) is 24.0. The van der Waals surface area contributed by atoms with E-state index < -0.39 is 41.2 Å². The molecule has 5 rings (SSSR count). The minimum Gasteiger partial charge on any atom is -0.507 e. The normalized spacial score (nSPS) is 22.5. The summed E-state index contributed by atoms with van der Waals surface area (Å²) in [5.74, 6) is -2.61. The molecule has 3 aliphatic carbocycles. The summed E-state index contributed by atoms with van der Waals surface area (Å²) in [6.45, 7) is -0.514. The predicted octanol–water partition coefficient (Wildman–Crippen LogP) is 2.86. The van der Waals surface area contributed by atoms with E-state index in [0.29, 0.717) is 0 Å². The molecular formula is C32H36N2O9. The Morgan fingerprint density at radius 1 is 1.07 bits per heavy atom. The molecule has 1 amide bonds. The van der Waals surface area contributed by atoms with E-state index in [0.717, 1.165) is 25.7 Å². The molecule has 0 saturated heterocycles. The smallest absolute Gasteiger partial charge is 0.242 e. The number of aromatic hydroxyl groups is 2. The fourth-order valence-corrected chi connectivity index (χ4v) is 6.11. The molecule has 5 N–H and O–H groups in total. The monoisotopic (exact) mass is 592 g/mol. The summed E-state index contributed by atoms with van der Waals surface area (Å²) < 4.78 is 11.1. The second-order valence-electron chi connectivity index (χ2n) is 11.1. The molecule has 0 radical (unpaired) electrons. The van der Waals surface area contributed by atoms with Gasteiger partial charge in [-0.15, -0.1) is 0 Å². The van der Waals surface area contributed by atoms with Crippen molar-refractivity contribution in [2.45, 2.75) is 69.5 Å². The molecule has 2 atom stereocenters. The summed E-state index contributed by atoms with van der Waals surface area (Å²) in [6, 6.07) is 4.51. The Kier molecular flexibility index (Phi) is 8.95. The zero-order valence-electron chi connectivity index (χ0n) is 24.0. The third-order valence-corrected chi connectivity index (χ3v) is 8.46. The van der Waals surface area contributed by atoms with Crippen LogP contribution in [0.15, 0.2) is 35.5 Å². The van der Waals surface area contributed by atoms with Gasteiger partial charge in [0.1, 0.15) is 22.8 Å². The van der Waals surface area contributed by atoms with E-state index in [2.05, 4.69) is 16.6 Å². The van der Waals surface area contributed by atoms with E-state index in [-0.39, 0.29) is 83.2 Å². The highest BCUT2D eigenvalue weighted by Crippen LogP contribution is 2.48. The Bertz CT molecular complexity index is 1510. The molecule has 0 bridgehead atoms. The largest absolute Gasteiger partial charge is 0.507 e. The van der Waals surface area contributed by atoms with Crippen LogP contribution in [0, 0.1) is 0 Å². The maximum absolute atomic E-state index is 13.5. The van der Waals surface area contributed by atoms with Crippen LogP contribution in [-0.2, 0) is 22.4 Å². The number of benzene rings is 2. The number of fused-ring (bicyclic) bond motifs is 3. The van der Waals surface area contributed by atoms with Crippen molar-refractivity contribution in [1.29, 1.82) is 0 Å². The number of phenolic OH excluding ortho intramolecular Hbond substituents is 2. The summed E-state index contributed by atoms with van der Waals surface area (Å²) in [5.41, 5.74) is 0.0189. The highest BCUT2D eigenvalue weighted by molar-refractivity contribution is 6.31. The van der Waals surface area contributed by atoms with E-state index in [1.165, 1.54) is 25.7 Å². The Balaban J connectivity index is 1.34. The maximum Gasteiger partial charge on any atom is 0.242 e. The Morgan fingerprint density at radius 2 is 1.84 bits per heavy atom. The highest BCUT2D eigenvalue weighted by atomic mass is 16.5. The van der Waals surface area contributed by atoms with Crippen molar-refractivity contribution < 1.29 is 44.3 Å². The number of aliphatic hydroxyl groups is 2. The number of aliphatic hydroxyl groups excluding tert-OH is 1. The van der Waals surface area contributed by atoms with E-state index in [1.54, 1.807) is 6.07 Å². The Hall–Kier alpha value is -4.06. The maximum atomic E-state index is 13.5. The van der Waals surface area contributed by atoms with Gasteiger partial charge in [-0.3, -0.25) is 14.4 Å². The van der Waals surface area contributed by atoms with Gasteiger partial charge in [-0.05, 0) is 38.2 Å². The topological polar surface area (TPSA) is 175 Å². The van der Waals surface area contributed by atoms with Crippen molar-refractivity contribution in [3.05, 3.63) is 63.7 Å². The molecule has 1 unspecified atom stereocenters. The van der Waals surface area contributed by atoms with Gasteiger partial charge < -0.3 is 29.9 Å². The summed E-state index contributed by atoms with van der Waals surface area (Å²) >= 11 is 0. The van der Waals surface area contributed by atoms with E-state index >= 15 is 0 Å².